The number of nitrogens with zero attached hydrogens (tertiary/aromatic N) is 1. The van der Waals surface area contributed by atoms with E-state index in [2.05, 4.69) is 4.98 Å². The van der Waals surface area contributed by atoms with Crippen LogP contribution in [0.15, 0.2) is 60.9 Å². The normalized spacial score (nSPS) is 31.6. The summed E-state index contributed by atoms with van der Waals surface area (Å²) in [5.74, 6) is -4.96. The average Bonchev–Trinajstić information content (AvgIpc) is 3.22. The van der Waals surface area contributed by atoms with E-state index in [1.807, 2.05) is 6.07 Å². The van der Waals surface area contributed by atoms with Gasteiger partial charge in [0.05, 0.1) is 23.2 Å². The lowest BCUT2D eigenvalue weighted by atomic mass is 9.49. The molecule has 2 saturated carbocycles. The summed E-state index contributed by atoms with van der Waals surface area (Å²) in [6.45, 7) is 6.15. The van der Waals surface area contributed by atoms with Crippen LogP contribution >= 0.6 is 0 Å². The van der Waals surface area contributed by atoms with Gasteiger partial charge in [0.15, 0.2) is 6.10 Å². The minimum atomic E-state index is -1.99. The lowest BCUT2D eigenvalue weighted by Gasteiger charge is -2.62. The van der Waals surface area contributed by atoms with Crippen molar-refractivity contribution in [3.05, 3.63) is 72.1 Å². The van der Waals surface area contributed by atoms with Crippen molar-refractivity contribution < 1.29 is 57.5 Å². The average molecular weight is 666 g/mol. The summed E-state index contributed by atoms with van der Waals surface area (Å²) in [7, 11) is 0. The number of aliphatic hydroxyl groups is 1. The van der Waals surface area contributed by atoms with E-state index in [0.29, 0.717) is 5.56 Å². The molecule has 2 aliphatic carbocycles. The Morgan fingerprint density at radius 2 is 1.60 bits per heavy atom. The molecule has 13 nitrogen and oxygen atoms in total. The Morgan fingerprint density at radius 1 is 0.896 bits per heavy atom. The molecule has 2 unspecified atom stereocenters. The van der Waals surface area contributed by atoms with Gasteiger partial charge >= 0.3 is 29.8 Å². The molecule has 2 heterocycles. The predicted molar refractivity (Wildman–Crippen MR) is 166 cm³/mol. The molecule has 8 atom stereocenters. The van der Waals surface area contributed by atoms with Gasteiger partial charge in [0.1, 0.15) is 35.9 Å². The van der Waals surface area contributed by atoms with Gasteiger partial charge in [-0.2, -0.15) is 0 Å². The molecule has 5 rings (SSSR count). The quantitative estimate of drug-likeness (QED) is 0.235. The number of carbonyl (C=O) groups is 5. The van der Waals surface area contributed by atoms with Crippen molar-refractivity contribution in [2.45, 2.75) is 89.2 Å². The Balaban J connectivity index is 1.74. The number of hydrogen-bond donors (Lipinski definition) is 1. The van der Waals surface area contributed by atoms with Gasteiger partial charge in [-0.25, -0.2) is 9.59 Å². The van der Waals surface area contributed by atoms with Gasteiger partial charge in [0.25, 0.3) is 0 Å². The maximum atomic E-state index is 13.8. The molecule has 2 bridgehead atoms. The minimum Gasteiger partial charge on any atom is -0.465 e. The van der Waals surface area contributed by atoms with Crippen LogP contribution in [0.3, 0.4) is 0 Å². The van der Waals surface area contributed by atoms with Crippen LogP contribution in [-0.4, -0.2) is 88.3 Å². The SMILES string of the molecule is CC(=O)OC[C@@]12[C@@H](OC(=O)/C=C\c3ccccc3)CC[C@H](O)C13OC(C)(C)C([C@@H](OC(C)=O)[C@H]2OC(=O)c1cccnc1)[C@H]3OC(C)=O. The number of pyridine rings is 1. The molecule has 256 valence electrons. The van der Waals surface area contributed by atoms with Crippen molar-refractivity contribution in [3.63, 3.8) is 0 Å². The fraction of sp³-hybridized carbons (Fsp3) is 0.486. The van der Waals surface area contributed by atoms with E-state index >= 15 is 0 Å². The molecule has 3 fully saturated rings. The lowest BCUT2D eigenvalue weighted by Crippen LogP contribution is -2.80. The highest BCUT2D eigenvalue weighted by molar-refractivity contribution is 5.89. The zero-order chi connectivity index (χ0) is 34.9. The third-order valence-corrected chi connectivity index (χ3v) is 9.35. The van der Waals surface area contributed by atoms with Crippen molar-refractivity contribution in [2.75, 3.05) is 6.61 Å². The Bertz CT molecular complexity index is 1580. The van der Waals surface area contributed by atoms with Gasteiger partial charge < -0.3 is 33.5 Å². The highest BCUT2D eigenvalue weighted by atomic mass is 16.6. The van der Waals surface area contributed by atoms with Gasteiger partial charge in [0.2, 0.25) is 0 Å². The van der Waals surface area contributed by atoms with Gasteiger partial charge in [-0.3, -0.25) is 19.4 Å². The maximum absolute atomic E-state index is 13.8. The summed E-state index contributed by atoms with van der Waals surface area (Å²) in [5.41, 5.74) is -4.53. The number of aromatic nitrogens is 1. The van der Waals surface area contributed by atoms with Gasteiger partial charge in [-0.1, -0.05) is 30.3 Å². The predicted octanol–water partition coefficient (Wildman–Crippen LogP) is 2.98. The van der Waals surface area contributed by atoms with E-state index in [9.17, 15) is 29.1 Å². The number of rotatable bonds is 9. The highest BCUT2D eigenvalue weighted by Gasteiger charge is 2.85. The second-order valence-electron chi connectivity index (χ2n) is 12.8. The number of ether oxygens (including phenoxy) is 6. The second kappa shape index (κ2) is 13.5. The van der Waals surface area contributed by atoms with Crippen LogP contribution in [0.5, 0.6) is 0 Å². The first-order valence-electron chi connectivity index (χ1n) is 15.6. The number of esters is 5. The molecular weight excluding hydrogens is 626 g/mol. The number of carbonyl (C=O) groups excluding carboxylic acids is 5. The molecule has 3 aliphatic rings. The lowest BCUT2D eigenvalue weighted by molar-refractivity contribution is -0.324. The molecule has 2 aromatic rings. The topological polar surface area (TPSA) is 174 Å². The summed E-state index contributed by atoms with van der Waals surface area (Å²) in [5, 5.41) is 12.0. The van der Waals surface area contributed by atoms with Gasteiger partial charge in [0, 0.05) is 39.2 Å². The Hall–Kier alpha value is -4.62. The second-order valence-corrected chi connectivity index (χ2v) is 12.8. The molecule has 48 heavy (non-hydrogen) atoms. The number of hydrogen-bond acceptors (Lipinski definition) is 13. The van der Waals surface area contributed by atoms with Crippen molar-refractivity contribution in [2.24, 2.45) is 11.3 Å². The van der Waals surface area contributed by atoms with E-state index in [0.717, 1.165) is 13.8 Å². The zero-order valence-electron chi connectivity index (χ0n) is 27.3. The van der Waals surface area contributed by atoms with E-state index < -0.39 is 89.5 Å². The first kappa shape index (κ1) is 34.7. The van der Waals surface area contributed by atoms with E-state index in [1.54, 1.807) is 44.2 Å². The standard InChI is InChI=1S/C35H39NO12/c1-20(37)43-19-34-26(46-27(41)16-13-23-10-7-6-8-11-23)15-14-25(40)35(34)30(45-22(3)39)28(33(4,5)48-35)29(44-21(2)38)31(34)47-32(42)24-12-9-17-36-18-24/h6-13,16-18,25-26,28-31,40H,14-15,19H2,1-5H3/b16-13-/t25-,26-,28?,29+,30+,31+,34-,35?/m0/s1. The van der Waals surface area contributed by atoms with Crippen LogP contribution in [0.2, 0.25) is 0 Å². The Morgan fingerprint density at radius 3 is 2.23 bits per heavy atom. The fourth-order valence-electron chi connectivity index (χ4n) is 7.69. The highest BCUT2D eigenvalue weighted by Crippen LogP contribution is 2.67. The van der Waals surface area contributed by atoms with E-state index in [4.69, 9.17) is 28.4 Å². The smallest absolute Gasteiger partial charge is 0.340 e. The zero-order valence-corrected chi connectivity index (χ0v) is 27.3. The van der Waals surface area contributed by atoms with Gasteiger partial charge in [-0.05, 0) is 50.5 Å². The molecule has 13 heteroatoms. The fourth-order valence-corrected chi connectivity index (χ4v) is 7.69. The third-order valence-electron chi connectivity index (χ3n) is 9.35. The molecule has 1 spiro atoms. The van der Waals surface area contributed by atoms with Crippen LogP contribution < -0.4 is 0 Å². The summed E-state index contributed by atoms with van der Waals surface area (Å²) in [6.07, 6.45) is -1.57. The first-order valence-corrected chi connectivity index (χ1v) is 15.6. The number of aliphatic hydroxyl groups excluding tert-OH is 1. The van der Waals surface area contributed by atoms with Crippen molar-refractivity contribution >= 4 is 35.9 Å². The molecule has 1 aromatic heterocycles. The largest absolute Gasteiger partial charge is 0.465 e. The first-order chi connectivity index (χ1) is 22.7. The van der Waals surface area contributed by atoms with Crippen LogP contribution in [0, 0.1) is 11.3 Å². The Labute approximate surface area is 277 Å². The summed E-state index contributed by atoms with van der Waals surface area (Å²) in [6, 6.07) is 12.0. The third kappa shape index (κ3) is 6.19. The Kier molecular flexibility index (Phi) is 9.74. The number of fused-ring (bicyclic) bond motifs is 1. The van der Waals surface area contributed by atoms with Gasteiger partial charge in [-0.15, -0.1) is 0 Å². The molecule has 1 aromatic carbocycles. The number of benzene rings is 1. The van der Waals surface area contributed by atoms with Crippen LogP contribution in [-0.2, 0) is 47.6 Å². The molecule has 1 aliphatic heterocycles. The summed E-state index contributed by atoms with van der Waals surface area (Å²) < 4.78 is 36.6. The van der Waals surface area contributed by atoms with E-state index in [1.165, 1.54) is 37.5 Å². The van der Waals surface area contributed by atoms with Crippen molar-refractivity contribution in [3.8, 4) is 0 Å². The van der Waals surface area contributed by atoms with E-state index in [-0.39, 0.29) is 18.4 Å². The van der Waals surface area contributed by atoms with Crippen LogP contribution in [0.4, 0.5) is 0 Å². The van der Waals surface area contributed by atoms with Crippen molar-refractivity contribution in [1.82, 2.24) is 4.98 Å². The maximum Gasteiger partial charge on any atom is 0.340 e. The van der Waals surface area contributed by atoms with Crippen LogP contribution in [0.1, 0.15) is 63.4 Å². The molecule has 0 radical (unpaired) electrons. The van der Waals surface area contributed by atoms with Crippen molar-refractivity contribution in [1.29, 1.82) is 0 Å². The molecule has 1 N–H and O–H groups in total. The van der Waals surface area contributed by atoms with Crippen LogP contribution in [0.25, 0.3) is 6.08 Å². The summed E-state index contributed by atoms with van der Waals surface area (Å²) >= 11 is 0. The molecule has 1 saturated heterocycles. The summed E-state index contributed by atoms with van der Waals surface area (Å²) in [4.78, 5) is 69.3. The minimum absolute atomic E-state index is 0.00969. The molecular formula is C35H39NO12. The monoisotopic (exact) mass is 665 g/mol. The molecule has 0 amide bonds.